The van der Waals surface area contributed by atoms with Crippen LogP contribution in [0, 0.1) is 20.8 Å². The van der Waals surface area contributed by atoms with Crippen molar-refractivity contribution < 1.29 is 4.79 Å². The Bertz CT molecular complexity index is 706. The summed E-state index contributed by atoms with van der Waals surface area (Å²) in [6.45, 7) is 6.96. The third kappa shape index (κ3) is 3.72. The third-order valence-corrected chi connectivity index (χ3v) is 5.11. The molecule has 1 aromatic carbocycles. The van der Waals surface area contributed by atoms with Gasteiger partial charge in [-0.15, -0.1) is 0 Å². The highest BCUT2D eigenvalue weighted by molar-refractivity contribution is 5.94. The first-order valence-corrected chi connectivity index (χ1v) is 9.08. The second-order valence-electron chi connectivity index (χ2n) is 7.20. The van der Waals surface area contributed by atoms with E-state index in [1.807, 2.05) is 6.92 Å². The predicted molar refractivity (Wildman–Crippen MR) is 98.5 cm³/mol. The Morgan fingerprint density at radius 2 is 1.75 bits per heavy atom. The third-order valence-electron chi connectivity index (χ3n) is 5.11. The minimum Gasteiger partial charge on any atom is -0.348 e. The highest BCUT2D eigenvalue weighted by Crippen LogP contribution is 2.21. The highest BCUT2D eigenvalue weighted by Gasteiger charge is 2.21. The van der Waals surface area contributed by atoms with Gasteiger partial charge in [0, 0.05) is 18.3 Å². The highest BCUT2D eigenvalue weighted by atomic mass is 16.2. The topological polar surface area (TPSA) is 34.0 Å². The molecule has 3 nitrogen and oxygen atoms in total. The molecule has 3 heteroatoms. The van der Waals surface area contributed by atoms with Gasteiger partial charge < -0.3 is 9.88 Å². The lowest BCUT2D eigenvalue weighted by atomic mass is 9.95. The van der Waals surface area contributed by atoms with Crippen LogP contribution in [-0.4, -0.2) is 16.5 Å². The second kappa shape index (κ2) is 7.25. The van der Waals surface area contributed by atoms with Gasteiger partial charge in [0.25, 0.3) is 5.91 Å². The van der Waals surface area contributed by atoms with Crippen LogP contribution >= 0.6 is 0 Å². The summed E-state index contributed by atoms with van der Waals surface area (Å²) >= 11 is 0. The zero-order chi connectivity index (χ0) is 17.1. The van der Waals surface area contributed by atoms with Gasteiger partial charge in [0.15, 0.2) is 0 Å². The minimum atomic E-state index is 0.0830. The molecule has 0 spiro atoms. The molecule has 1 aliphatic carbocycles. The lowest BCUT2D eigenvalue weighted by Gasteiger charge is -2.23. The summed E-state index contributed by atoms with van der Waals surface area (Å²) in [6, 6.07) is 11.0. The van der Waals surface area contributed by atoms with Crippen molar-refractivity contribution in [2.75, 3.05) is 0 Å². The fraction of sp³-hybridized carbons (Fsp3) is 0.476. The van der Waals surface area contributed by atoms with E-state index in [-0.39, 0.29) is 5.91 Å². The number of aryl methyl sites for hydroxylation is 3. The Morgan fingerprint density at radius 1 is 1.08 bits per heavy atom. The molecular formula is C21H28N2O. The van der Waals surface area contributed by atoms with Crippen LogP contribution in [0.5, 0.6) is 0 Å². The molecule has 2 aromatic rings. The van der Waals surface area contributed by atoms with E-state index in [0.717, 1.165) is 36.3 Å². The molecule has 0 aliphatic heterocycles. The first-order chi connectivity index (χ1) is 11.5. The SMILES string of the molecule is Cc1ccc(Cn2c(C)cc(C)c2C(=O)NC2CCCCC2)cc1. The summed E-state index contributed by atoms with van der Waals surface area (Å²) in [6.07, 6.45) is 5.99. The van der Waals surface area contributed by atoms with Crippen molar-refractivity contribution in [3.8, 4) is 0 Å². The number of benzene rings is 1. The van der Waals surface area contributed by atoms with E-state index in [2.05, 4.69) is 54.1 Å². The number of amides is 1. The standard InChI is InChI=1S/C21H28N2O/c1-15-9-11-18(12-10-15)14-23-17(3)13-16(2)20(23)21(24)22-19-7-5-4-6-8-19/h9-13,19H,4-8,14H2,1-3H3,(H,22,24). The van der Waals surface area contributed by atoms with Crippen LogP contribution in [-0.2, 0) is 6.54 Å². The fourth-order valence-electron chi connectivity index (χ4n) is 3.73. The van der Waals surface area contributed by atoms with Gasteiger partial charge >= 0.3 is 0 Å². The summed E-state index contributed by atoms with van der Waals surface area (Å²) < 4.78 is 2.15. The molecule has 1 aliphatic rings. The average Bonchev–Trinajstić information content (AvgIpc) is 2.84. The van der Waals surface area contributed by atoms with E-state index >= 15 is 0 Å². The Kier molecular flexibility index (Phi) is 5.08. The maximum atomic E-state index is 12.9. The van der Waals surface area contributed by atoms with Crippen molar-refractivity contribution >= 4 is 5.91 Å². The van der Waals surface area contributed by atoms with Crippen molar-refractivity contribution in [1.29, 1.82) is 0 Å². The molecule has 3 rings (SSSR count). The Hall–Kier alpha value is -2.03. The molecule has 128 valence electrons. The number of carbonyl (C=O) groups is 1. The summed E-state index contributed by atoms with van der Waals surface area (Å²) in [5, 5.41) is 3.26. The van der Waals surface area contributed by atoms with Gasteiger partial charge in [-0.2, -0.15) is 0 Å². The molecule has 1 amide bonds. The molecule has 1 fully saturated rings. The molecule has 1 aromatic heterocycles. The zero-order valence-electron chi connectivity index (χ0n) is 15.1. The first-order valence-electron chi connectivity index (χ1n) is 9.08. The Balaban J connectivity index is 1.81. The average molecular weight is 324 g/mol. The van der Waals surface area contributed by atoms with Gasteiger partial charge in [-0.25, -0.2) is 0 Å². The predicted octanol–water partition coefficient (Wildman–Crippen LogP) is 4.52. The van der Waals surface area contributed by atoms with Crippen molar-refractivity contribution in [3.63, 3.8) is 0 Å². The van der Waals surface area contributed by atoms with Crippen molar-refractivity contribution in [3.05, 3.63) is 58.4 Å². The van der Waals surface area contributed by atoms with E-state index in [0.29, 0.717) is 6.04 Å². The normalized spacial score (nSPS) is 15.5. The van der Waals surface area contributed by atoms with Crippen LogP contribution in [0.4, 0.5) is 0 Å². The van der Waals surface area contributed by atoms with Crippen LogP contribution in [0.3, 0.4) is 0 Å². The van der Waals surface area contributed by atoms with E-state index in [9.17, 15) is 4.79 Å². The molecule has 1 heterocycles. The minimum absolute atomic E-state index is 0.0830. The molecular weight excluding hydrogens is 296 g/mol. The quantitative estimate of drug-likeness (QED) is 0.881. The van der Waals surface area contributed by atoms with E-state index in [4.69, 9.17) is 0 Å². The Morgan fingerprint density at radius 3 is 2.42 bits per heavy atom. The van der Waals surface area contributed by atoms with Crippen LogP contribution < -0.4 is 5.32 Å². The van der Waals surface area contributed by atoms with Crippen molar-refractivity contribution in [2.45, 2.75) is 65.5 Å². The molecule has 0 unspecified atom stereocenters. The van der Waals surface area contributed by atoms with Gasteiger partial charge in [0.05, 0.1) is 0 Å². The maximum absolute atomic E-state index is 12.9. The lowest BCUT2D eigenvalue weighted by molar-refractivity contribution is 0.0918. The number of nitrogens with zero attached hydrogens (tertiary/aromatic N) is 1. The number of rotatable bonds is 4. The van der Waals surface area contributed by atoms with Crippen LogP contribution in [0.15, 0.2) is 30.3 Å². The second-order valence-corrected chi connectivity index (χ2v) is 7.20. The van der Waals surface area contributed by atoms with Gasteiger partial charge in [-0.05, 0) is 50.8 Å². The molecule has 0 atom stereocenters. The van der Waals surface area contributed by atoms with Gasteiger partial charge in [0.2, 0.25) is 0 Å². The zero-order valence-corrected chi connectivity index (χ0v) is 15.1. The fourth-order valence-corrected chi connectivity index (χ4v) is 3.73. The number of hydrogen-bond donors (Lipinski definition) is 1. The van der Waals surface area contributed by atoms with E-state index in [1.54, 1.807) is 0 Å². The smallest absolute Gasteiger partial charge is 0.268 e. The lowest BCUT2D eigenvalue weighted by Crippen LogP contribution is -2.37. The largest absolute Gasteiger partial charge is 0.348 e. The van der Waals surface area contributed by atoms with Gasteiger partial charge in [-0.1, -0.05) is 49.1 Å². The molecule has 0 radical (unpaired) electrons. The maximum Gasteiger partial charge on any atom is 0.268 e. The van der Waals surface area contributed by atoms with Crippen LogP contribution in [0.25, 0.3) is 0 Å². The van der Waals surface area contributed by atoms with Crippen LogP contribution in [0.1, 0.15) is 65.0 Å². The number of aromatic nitrogens is 1. The molecule has 0 bridgehead atoms. The van der Waals surface area contributed by atoms with Crippen molar-refractivity contribution in [1.82, 2.24) is 9.88 Å². The van der Waals surface area contributed by atoms with Gasteiger partial charge in [0.1, 0.15) is 5.69 Å². The number of nitrogens with one attached hydrogen (secondary N) is 1. The Labute approximate surface area is 145 Å². The molecule has 24 heavy (non-hydrogen) atoms. The van der Waals surface area contributed by atoms with Crippen LogP contribution in [0.2, 0.25) is 0 Å². The monoisotopic (exact) mass is 324 g/mol. The van der Waals surface area contributed by atoms with E-state index in [1.165, 1.54) is 30.4 Å². The molecule has 1 saturated carbocycles. The summed E-state index contributed by atoms with van der Waals surface area (Å²) in [5.74, 6) is 0.0830. The summed E-state index contributed by atoms with van der Waals surface area (Å²) in [5.41, 5.74) is 5.51. The number of carbonyl (C=O) groups excluding carboxylic acids is 1. The molecule has 1 N–H and O–H groups in total. The first kappa shape index (κ1) is 16.8. The van der Waals surface area contributed by atoms with Crippen molar-refractivity contribution in [2.24, 2.45) is 0 Å². The van der Waals surface area contributed by atoms with Gasteiger partial charge in [-0.3, -0.25) is 4.79 Å². The van der Waals surface area contributed by atoms with E-state index < -0.39 is 0 Å². The summed E-state index contributed by atoms with van der Waals surface area (Å²) in [7, 11) is 0. The number of hydrogen-bond acceptors (Lipinski definition) is 1. The molecule has 0 saturated heterocycles. The summed E-state index contributed by atoms with van der Waals surface area (Å²) in [4.78, 5) is 12.9.